The molecule has 1 amide bonds. The van der Waals surface area contributed by atoms with E-state index in [-0.39, 0.29) is 18.6 Å². The van der Waals surface area contributed by atoms with Crippen LogP contribution in [0.15, 0.2) is 17.9 Å². The number of hydrogen-bond donors (Lipinski definition) is 2. The molecule has 7 heteroatoms. The molecular formula is C22H28NO5P. The Morgan fingerprint density at radius 3 is 2.55 bits per heavy atom. The third kappa shape index (κ3) is 11.9. The van der Waals surface area contributed by atoms with Crippen molar-refractivity contribution >= 4 is 13.7 Å². The molecule has 2 N–H and O–H groups in total. The Kier molecular flexibility index (Phi) is 11.7. The Labute approximate surface area is 173 Å². The number of phosphoric ester groups is 1. The highest BCUT2D eigenvalue weighted by Gasteiger charge is 2.26. The summed E-state index contributed by atoms with van der Waals surface area (Å²) in [7, 11) is -4.38. The molecule has 6 nitrogen and oxygen atoms in total. The standard InChI is InChI=1S/C22H28NO5P/c1-4-20(5-2)13-9-6-7-12-16-27-29(25,26)28-18-22(23-19(3)24)17-21-14-10-8-11-15-21/h21-22H,1,5,8,10-11,14-15,17-18H2,2-3H3,(H,23,24)(H,25,26). The summed E-state index contributed by atoms with van der Waals surface area (Å²) in [4.78, 5) is 21.2. The molecule has 1 saturated carbocycles. The summed E-state index contributed by atoms with van der Waals surface area (Å²) in [5, 5.41) is 2.77. The lowest BCUT2D eigenvalue weighted by atomic mass is 9.85. The molecule has 1 rings (SSSR count). The Morgan fingerprint density at radius 1 is 1.24 bits per heavy atom. The predicted molar refractivity (Wildman–Crippen MR) is 112 cm³/mol. The van der Waals surface area contributed by atoms with Gasteiger partial charge in [-0.15, -0.1) is 5.73 Å². The third-order valence-electron chi connectivity index (χ3n) is 4.37. The summed E-state index contributed by atoms with van der Waals surface area (Å²) in [6, 6.07) is -0.353. The number of hydrogen-bond acceptors (Lipinski definition) is 4. The van der Waals surface area contributed by atoms with Crippen LogP contribution in [-0.4, -0.2) is 23.4 Å². The van der Waals surface area contributed by atoms with E-state index in [0.29, 0.717) is 18.8 Å². The van der Waals surface area contributed by atoms with Crippen molar-refractivity contribution < 1.29 is 23.3 Å². The Bertz CT molecular complexity index is 834. The topological polar surface area (TPSA) is 84.9 Å². The summed E-state index contributed by atoms with van der Waals surface area (Å²) >= 11 is 0. The number of rotatable bonds is 8. The third-order valence-corrected chi connectivity index (χ3v) is 5.17. The van der Waals surface area contributed by atoms with E-state index in [1.807, 2.05) is 13.0 Å². The minimum absolute atomic E-state index is 0.129. The van der Waals surface area contributed by atoms with Crippen LogP contribution in [0, 0.1) is 41.6 Å². The molecular weight excluding hydrogens is 389 g/mol. The normalized spacial score (nSPS) is 16.1. The van der Waals surface area contributed by atoms with Gasteiger partial charge in [-0.2, -0.15) is 0 Å². The first-order valence-electron chi connectivity index (χ1n) is 9.69. The van der Waals surface area contributed by atoms with Crippen LogP contribution in [0.3, 0.4) is 0 Å². The fraction of sp³-hybridized carbons (Fsp3) is 0.545. The second-order valence-corrected chi connectivity index (χ2v) is 8.11. The van der Waals surface area contributed by atoms with Gasteiger partial charge in [0.15, 0.2) is 0 Å². The first-order chi connectivity index (χ1) is 13.9. The van der Waals surface area contributed by atoms with E-state index < -0.39 is 7.82 Å². The van der Waals surface area contributed by atoms with E-state index >= 15 is 0 Å². The van der Waals surface area contributed by atoms with Gasteiger partial charge in [-0.1, -0.05) is 45.6 Å². The number of nitrogens with one attached hydrogen (secondary N) is 1. The zero-order chi connectivity index (χ0) is 21.5. The van der Waals surface area contributed by atoms with Gasteiger partial charge in [-0.05, 0) is 36.5 Å². The Morgan fingerprint density at radius 2 is 1.93 bits per heavy atom. The quantitative estimate of drug-likeness (QED) is 0.358. The maximum atomic E-state index is 12.0. The molecule has 0 aromatic rings. The zero-order valence-corrected chi connectivity index (χ0v) is 17.9. The van der Waals surface area contributed by atoms with E-state index in [4.69, 9.17) is 4.52 Å². The molecule has 0 radical (unpaired) electrons. The van der Waals surface area contributed by atoms with Crippen LogP contribution in [0.2, 0.25) is 0 Å². The van der Waals surface area contributed by atoms with Crippen molar-refractivity contribution in [2.45, 2.75) is 64.8 Å². The molecule has 2 unspecified atom stereocenters. The number of allylic oxidation sites excluding steroid dienone is 1. The molecule has 2 atom stereocenters. The molecule has 0 aliphatic heterocycles. The van der Waals surface area contributed by atoms with Gasteiger partial charge in [-0.3, -0.25) is 14.2 Å². The van der Waals surface area contributed by atoms with Crippen molar-refractivity contribution in [3.8, 4) is 35.7 Å². The SMILES string of the molecule is C=C=C(C#CC#CC#COP(=O)(O)OCC(CC1CCCCC1)NC(C)=O)CC. The van der Waals surface area contributed by atoms with E-state index in [1.54, 1.807) is 0 Å². The van der Waals surface area contributed by atoms with Gasteiger partial charge in [0, 0.05) is 24.3 Å². The van der Waals surface area contributed by atoms with Crippen molar-refractivity contribution in [3.63, 3.8) is 0 Å². The van der Waals surface area contributed by atoms with Gasteiger partial charge in [0.25, 0.3) is 0 Å². The predicted octanol–water partition coefficient (Wildman–Crippen LogP) is 3.68. The van der Waals surface area contributed by atoms with Crippen LogP contribution in [0.5, 0.6) is 0 Å². The molecule has 0 aromatic carbocycles. The zero-order valence-electron chi connectivity index (χ0n) is 17.0. The van der Waals surface area contributed by atoms with Crippen LogP contribution in [-0.2, 0) is 18.4 Å². The lowest BCUT2D eigenvalue weighted by Crippen LogP contribution is -2.38. The lowest BCUT2D eigenvalue weighted by molar-refractivity contribution is -0.120. The molecule has 0 aromatic heterocycles. The molecule has 156 valence electrons. The van der Waals surface area contributed by atoms with Crippen molar-refractivity contribution in [1.29, 1.82) is 0 Å². The minimum Gasteiger partial charge on any atom is -0.351 e. The number of amides is 1. The van der Waals surface area contributed by atoms with E-state index in [0.717, 1.165) is 18.4 Å². The average molecular weight is 417 g/mol. The van der Waals surface area contributed by atoms with E-state index in [1.165, 1.54) is 26.2 Å². The smallest absolute Gasteiger partial charge is 0.351 e. The largest absolute Gasteiger partial charge is 0.536 e. The van der Waals surface area contributed by atoms with E-state index in [2.05, 4.69) is 51.8 Å². The van der Waals surface area contributed by atoms with Crippen LogP contribution in [0.4, 0.5) is 0 Å². The van der Waals surface area contributed by atoms with Crippen molar-refractivity contribution in [1.82, 2.24) is 5.32 Å². The highest BCUT2D eigenvalue weighted by molar-refractivity contribution is 7.47. The van der Waals surface area contributed by atoms with Crippen LogP contribution in [0.1, 0.15) is 58.8 Å². The van der Waals surface area contributed by atoms with Gasteiger partial charge in [0.05, 0.1) is 12.6 Å². The Hall–Kier alpha value is -2.38. The highest BCUT2D eigenvalue weighted by Crippen LogP contribution is 2.43. The molecule has 0 spiro atoms. The first kappa shape index (κ1) is 24.7. The van der Waals surface area contributed by atoms with Gasteiger partial charge in [-0.25, -0.2) is 4.57 Å². The molecule has 0 saturated heterocycles. The maximum absolute atomic E-state index is 12.0. The molecule has 29 heavy (non-hydrogen) atoms. The summed E-state index contributed by atoms with van der Waals surface area (Å²) < 4.78 is 21.5. The van der Waals surface area contributed by atoms with Gasteiger partial charge in [0.1, 0.15) is 6.11 Å². The summed E-state index contributed by atoms with van der Waals surface area (Å²) in [6.45, 7) is 6.71. The lowest BCUT2D eigenvalue weighted by Gasteiger charge is -2.27. The van der Waals surface area contributed by atoms with E-state index in [9.17, 15) is 14.3 Å². The Balaban J connectivity index is 2.54. The number of carbonyl (C=O) groups excluding carboxylic acids is 1. The van der Waals surface area contributed by atoms with Crippen LogP contribution < -0.4 is 5.32 Å². The van der Waals surface area contributed by atoms with Crippen molar-refractivity contribution in [3.05, 3.63) is 17.9 Å². The fourth-order valence-electron chi connectivity index (χ4n) is 3.02. The first-order valence-corrected chi connectivity index (χ1v) is 11.2. The van der Waals surface area contributed by atoms with Crippen molar-refractivity contribution in [2.75, 3.05) is 6.61 Å². The van der Waals surface area contributed by atoms with Crippen LogP contribution in [0.25, 0.3) is 0 Å². The van der Waals surface area contributed by atoms with Gasteiger partial charge < -0.3 is 9.84 Å². The van der Waals surface area contributed by atoms with Crippen LogP contribution >= 0.6 is 7.82 Å². The molecule has 1 aliphatic rings. The molecule has 0 bridgehead atoms. The van der Waals surface area contributed by atoms with Crippen molar-refractivity contribution in [2.24, 2.45) is 5.92 Å². The number of carbonyl (C=O) groups is 1. The monoisotopic (exact) mass is 417 g/mol. The minimum atomic E-state index is -4.38. The summed E-state index contributed by atoms with van der Waals surface area (Å²) in [5.74, 6) is 12.7. The van der Waals surface area contributed by atoms with Gasteiger partial charge >= 0.3 is 7.82 Å². The summed E-state index contributed by atoms with van der Waals surface area (Å²) in [6.07, 6.45) is 9.21. The average Bonchev–Trinajstić information content (AvgIpc) is 2.69. The van der Waals surface area contributed by atoms with Gasteiger partial charge in [0.2, 0.25) is 5.91 Å². The molecule has 0 heterocycles. The maximum Gasteiger partial charge on any atom is 0.536 e. The number of phosphoric acid groups is 1. The molecule has 1 fully saturated rings. The fourth-order valence-corrected chi connectivity index (χ4v) is 3.61. The highest BCUT2D eigenvalue weighted by atomic mass is 31.2. The molecule has 1 aliphatic carbocycles. The second-order valence-electron chi connectivity index (χ2n) is 6.73. The second kappa shape index (κ2) is 13.7. The summed E-state index contributed by atoms with van der Waals surface area (Å²) in [5.41, 5.74) is 3.42.